The van der Waals surface area contributed by atoms with Gasteiger partial charge in [0.1, 0.15) is 0 Å². The van der Waals surface area contributed by atoms with Crippen LogP contribution in [-0.4, -0.2) is 64.7 Å². The number of morpholine rings is 1. The molecule has 0 bridgehead atoms. The van der Waals surface area contributed by atoms with Gasteiger partial charge in [-0.1, -0.05) is 13.8 Å². The topological polar surface area (TPSA) is 112 Å². The predicted octanol–water partition coefficient (Wildman–Crippen LogP) is 3.41. The molecule has 37 heavy (non-hydrogen) atoms. The van der Waals surface area contributed by atoms with Gasteiger partial charge in [-0.25, -0.2) is 9.59 Å². The van der Waals surface area contributed by atoms with E-state index in [1.54, 1.807) is 6.26 Å². The summed E-state index contributed by atoms with van der Waals surface area (Å²) < 4.78 is 10.6. The summed E-state index contributed by atoms with van der Waals surface area (Å²) in [5.74, 6) is 0.534. The number of carbonyl (C=O) groups is 1. The van der Waals surface area contributed by atoms with Crippen LogP contribution in [0.25, 0.3) is 0 Å². The summed E-state index contributed by atoms with van der Waals surface area (Å²) >= 11 is 0. The van der Waals surface area contributed by atoms with Gasteiger partial charge in [0.2, 0.25) is 0 Å². The van der Waals surface area contributed by atoms with Gasteiger partial charge in [-0.2, -0.15) is 0 Å². The predicted molar refractivity (Wildman–Crippen MR) is 137 cm³/mol. The largest absolute Gasteiger partial charge is 0.431 e. The Kier molecular flexibility index (Phi) is 6.05. The zero-order chi connectivity index (χ0) is 26.1. The number of ether oxygens (including phenoxy) is 1. The molecule has 1 unspecified atom stereocenters. The molecule has 5 fully saturated rings. The molecule has 0 spiro atoms. The Bertz CT molecular complexity index is 1080. The monoisotopic (exact) mass is 514 g/mol. The lowest BCUT2D eigenvalue weighted by Crippen LogP contribution is -2.68. The number of nitrogens with one attached hydrogen (secondary N) is 1. The van der Waals surface area contributed by atoms with Crippen LogP contribution in [0, 0.1) is 22.7 Å². The number of hydrogen-bond donors (Lipinski definition) is 3. The third-order valence-electron chi connectivity index (χ3n) is 11.7. The van der Waals surface area contributed by atoms with Gasteiger partial charge in [-0.3, -0.25) is 0 Å². The van der Waals surface area contributed by atoms with E-state index in [9.17, 15) is 19.8 Å². The van der Waals surface area contributed by atoms with E-state index in [1.807, 2.05) is 11.0 Å². The van der Waals surface area contributed by atoms with Gasteiger partial charge in [0.15, 0.2) is 0 Å². The lowest BCUT2D eigenvalue weighted by atomic mass is 9.42. The number of hydrogen-bond acceptors (Lipinski definition) is 6. The van der Waals surface area contributed by atoms with Crippen LogP contribution in [0.5, 0.6) is 0 Å². The van der Waals surface area contributed by atoms with Crippen LogP contribution in [0.2, 0.25) is 0 Å². The van der Waals surface area contributed by atoms with E-state index in [0.29, 0.717) is 39.1 Å². The van der Waals surface area contributed by atoms with E-state index < -0.39 is 11.2 Å². The smallest absolute Gasteiger partial charge is 0.335 e. The van der Waals surface area contributed by atoms with Crippen molar-refractivity contribution in [1.82, 2.24) is 10.2 Å². The fourth-order valence-electron chi connectivity index (χ4n) is 9.48. The van der Waals surface area contributed by atoms with Gasteiger partial charge in [-0.05, 0) is 92.6 Å². The standard InChI is InChI=1S/C29H42N2O6/c1-26-9-5-20(30-25(33)31-13-15-36-16-14-31)17-28(26,34)11-7-23-22(26)6-10-27(2)21(8-12-29(23,27)35)19-3-4-24(32)37-18-19/h3-4,18,20-23,34-35H,5-17H2,1-2H3,(H,30,33)/t20?,21-,22+,23-,26-,27-,28+,29+/m1/s1. The van der Waals surface area contributed by atoms with Gasteiger partial charge in [0.05, 0.1) is 30.7 Å². The minimum absolute atomic E-state index is 0.0366. The number of nitrogens with zero attached hydrogens (tertiary/aromatic N) is 1. The maximum absolute atomic E-state index is 12.8. The quantitative estimate of drug-likeness (QED) is 0.558. The van der Waals surface area contributed by atoms with Crippen molar-refractivity contribution in [3.05, 3.63) is 34.4 Å². The van der Waals surface area contributed by atoms with Crippen molar-refractivity contribution >= 4 is 6.03 Å². The van der Waals surface area contributed by atoms with Crippen LogP contribution in [0.4, 0.5) is 4.79 Å². The van der Waals surface area contributed by atoms with Crippen molar-refractivity contribution in [2.75, 3.05) is 26.3 Å². The molecule has 1 aliphatic heterocycles. The molecule has 8 heteroatoms. The Labute approximate surface area is 218 Å². The number of rotatable bonds is 2. The van der Waals surface area contributed by atoms with E-state index in [-0.39, 0.29) is 46.3 Å². The Balaban J connectivity index is 1.20. The van der Waals surface area contributed by atoms with Crippen LogP contribution in [0.1, 0.15) is 83.1 Å². The van der Waals surface area contributed by atoms with Gasteiger partial charge in [-0.15, -0.1) is 0 Å². The number of fused-ring (bicyclic) bond motifs is 5. The summed E-state index contributed by atoms with van der Waals surface area (Å²) in [5.41, 5.74) is -1.56. The highest BCUT2D eigenvalue weighted by Gasteiger charge is 2.70. The molecular formula is C29H42N2O6. The average molecular weight is 515 g/mol. The van der Waals surface area contributed by atoms with E-state index in [0.717, 1.165) is 50.5 Å². The molecule has 4 aliphatic carbocycles. The van der Waals surface area contributed by atoms with E-state index in [4.69, 9.17) is 9.15 Å². The van der Waals surface area contributed by atoms with Gasteiger partial charge < -0.3 is 29.6 Å². The molecule has 0 aromatic carbocycles. The van der Waals surface area contributed by atoms with Gasteiger partial charge in [0, 0.05) is 30.6 Å². The highest BCUT2D eigenvalue weighted by molar-refractivity contribution is 5.74. The molecular weight excluding hydrogens is 472 g/mol. The summed E-state index contributed by atoms with van der Waals surface area (Å²) in [6.45, 7) is 6.84. The molecule has 1 saturated heterocycles. The lowest BCUT2D eigenvalue weighted by Gasteiger charge is -2.66. The summed E-state index contributed by atoms with van der Waals surface area (Å²) in [5, 5.41) is 27.7. The van der Waals surface area contributed by atoms with Crippen molar-refractivity contribution in [3.63, 3.8) is 0 Å². The lowest BCUT2D eigenvalue weighted by molar-refractivity contribution is -0.247. The molecule has 1 aromatic heterocycles. The van der Waals surface area contributed by atoms with E-state index in [2.05, 4.69) is 19.2 Å². The summed E-state index contributed by atoms with van der Waals surface area (Å²) in [6, 6.07) is 3.27. The first kappa shape index (κ1) is 25.4. The second-order valence-electron chi connectivity index (χ2n) is 13.0. The molecule has 8 nitrogen and oxygen atoms in total. The molecule has 3 N–H and O–H groups in total. The van der Waals surface area contributed by atoms with Crippen molar-refractivity contribution in [1.29, 1.82) is 0 Å². The second-order valence-corrected chi connectivity index (χ2v) is 13.0. The Morgan fingerprint density at radius 3 is 2.43 bits per heavy atom. The number of aliphatic hydroxyl groups is 2. The normalized spacial score (nSPS) is 45.5. The highest BCUT2D eigenvalue weighted by atomic mass is 16.5. The third-order valence-corrected chi connectivity index (χ3v) is 11.7. The maximum Gasteiger partial charge on any atom is 0.335 e. The molecule has 0 radical (unpaired) electrons. The second kappa shape index (κ2) is 8.82. The third kappa shape index (κ3) is 3.73. The average Bonchev–Trinajstić information content (AvgIpc) is 3.17. The first-order chi connectivity index (χ1) is 17.6. The first-order valence-corrected chi connectivity index (χ1v) is 14.3. The zero-order valence-corrected chi connectivity index (χ0v) is 22.2. The SMILES string of the molecule is C[C@]12CCC(NC(=O)N3CCOCC3)C[C@@]1(O)CC[C@@H]1[C@@H]2CC[C@]2(C)[C@@H](c3ccc(=O)oc3)CC[C@]12O. The highest BCUT2D eigenvalue weighted by Crippen LogP contribution is 2.71. The number of urea groups is 1. The molecule has 1 aromatic rings. The molecule has 6 rings (SSSR count). The minimum atomic E-state index is -0.847. The van der Waals surface area contributed by atoms with Gasteiger partial charge in [0.25, 0.3) is 0 Å². The maximum atomic E-state index is 12.8. The van der Waals surface area contributed by atoms with Crippen LogP contribution in [-0.2, 0) is 4.74 Å². The Morgan fingerprint density at radius 1 is 0.973 bits per heavy atom. The van der Waals surface area contributed by atoms with E-state index in [1.165, 1.54) is 6.07 Å². The first-order valence-electron chi connectivity index (χ1n) is 14.3. The fraction of sp³-hybridized carbons (Fsp3) is 0.793. The molecule has 8 atom stereocenters. The summed E-state index contributed by atoms with van der Waals surface area (Å²) in [6.07, 6.45) is 8.77. The van der Waals surface area contributed by atoms with Crippen molar-refractivity contribution in [2.45, 2.75) is 94.8 Å². The molecule has 2 amide bonds. The number of carbonyl (C=O) groups excluding carboxylic acids is 1. The molecule has 2 heterocycles. The van der Waals surface area contributed by atoms with Crippen LogP contribution in [0.3, 0.4) is 0 Å². The zero-order valence-electron chi connectivity index (χ0n) is 22.2. The Hall–Kier alpha value is -1.90. The van der Waals surface area contributed by atoms with E-state index >= 15 is 0 Å². The number of amides is 2. The van der Waals surface area contributed by atoms with Crippen LogP contribution >= 0.6 is 0 Å². The molecule has 204 valence electrons. The Morgan fingerprint density at radius 2 is 1.70 bits per heavy atom. The van der Waals surface area contributed by atoms with Crippen molar-refractivity contribution < 1.29 is 24.2 Å². The molecule has 5 aliphatic rings. The fourth-order valence-corrected chi connectivity index (χ4v) is 9.48. The van der Waals surface area contributed by atoms with Crippen LogP contribution in [0.15, 0.2) is 27.6 Å². The summed E-state index contributed by atoms with van der Waals surface area (Å²) in [4.78, 5) is 26.2. The van der Waals surface area contributed by atoms with Crippen LogP contribution < -0.4 is 10.9 Å². The summed E-state index contributed by atoms with van der Waals surface area (Å²) in [7, 11) is 0. The van der Waals surface area contributed by atoms with Gasteiger partial charge >= 0.3 is 11.7 Å². The van der Waals surface area contributed by atoms with Crippen molar-refractivity contribution in [3.8, 4) is 0 Å². The minimum Gasteiger partial charge on any atom is -0.431 e. The van der Waals surface area contributed by atoms with Crippen molar-refractivity contribution in [2.24, 2.45) is 22.7 Å². The molecule has 4 saturated carbocycles.